The van der Waals surface area contributed by atoms with Gasteiger partial charge in [0.15, 0.2) is 0 Å². The van der Waals surface area contributed by atoms with Crippen LogP contribution in [-0.4, -0.2) is 11.5 Å². The molecule has 0 radical (unpaired) electrons. The van der Waals surface area contributed by atoms with E-state index in [0.29, 0.717) is 0 Å². The van der Waals surface area contributed by atoms with Crippen molar-refractivity contribution < 1.29 is 0 Å². The molecule has 1 heteroatoms. The number of hydrogen-bond donors (Lipinski definition) is 0. The van der Waals surface area contributed by atoms with E-state index in [-0.39, 0.29) is 0 Å². The molecule has 0 N–H and O–H groups in total. The van der Waals surface area contributed by atoms with Gasteiger partial charge in [-0.3, -0.25) is 0 Å². The van der Waals surface area contributed by atoms with Gasteiger partial charge in [-0.1, -0.05) is 32.6 Å². The Morgan fingerprint density at radius 3 is 2.50 bits per heavy atom. The fraction of sp³-hybridized carbons (Fsp3) is 1.00. The second kappa shape index (κ2) is 5.06. The van der Waals surface area contributed by atoms with Crippen LogP contribution in [0.2, 0.25) is 0 Å². The first-order valence-corrected chi connectivity index (χ1v) is 5.66. The predicted molar refractivity (Wildman–Crippen MR) is 49.6 cm³/mol. The first-order valence-electron chi connectivity index (χ1n) is 4.51. The molecule has 0 atom stereocenters. The van der Waals surface area contributed by atoms with Crippen LogP contribution in [0.3, 0.4) is 0 Å². The fourth-order valence-electron chi connectivity index (χ4n) is 1.31. The molecule has 0 amide bonds. The maximum Gasteiger partial charge on any atom is -0.00311 e. The van der Waals surface area contributed by atoms with Gasteiger partial charge in [0.2, 0.25) is 0 Å². The Morgan fingerprint density at radius 1 is 1.20 bits per heavy atom. The summed E-state index contributed by atoms with van der Waals surface area (Å²) in [5.41, 5.74) is 0. The molecule has 0 aromatic heterocycles. The van der Waals surface area contributed by atoms with E-state index in [1.807, 2.05) is 0 Å². The summed E-state index contributed by atoms with van der Waals surface area (Å²) in [5, 5.41) is 0. The van der Waals surface area contributed by atoms with Crippen molar-refractivity contribution in [2.45, 2.75) is 39.0 Å². The number of unbranched alkanes of at least 4 members (excludes halogenated alkanes) is 3. The van der Waals surface area contributed by atoms with E-state index < -0.39 is 0 Å². The van der Waals surface area contributed by atoms with Crippen molar-refractivity contribution in [2.24, 2.45) is 5.92 Å². The molecule has 1 rings (SSSR count). The van der Waals surface area contributed by atoms with Crippen LogP contribution in [0.1, 0.15) is 39.0 Å². The Balaban J connectivity index is 1.76. The summed E-state index contributed by atoms with van der Waals surface area (Å²) < 4.78 is 0. The zero-order valence-corrected chi connectivity index (χ0v) is 7.75. The average Bonchev–Trinajstić information content (AvgIpc) is 1.84. The van der Waals surface area contributed by atoms with Gasteiger partial charge in [-0.15, -0.1) is 0 Å². The highest BCUT2D eigenvalue weighted by Crippen LogP contribution is 2.28. The van der Waals surface area contributed by atoms with Crippen LogP contribution in [0.25, 0.3) is 0 Å². The second-order valence-electron chi connectivity index (χ2n) is 3.25. The standard InChI is InChI=1S/C9H18S/c1-2-3-4-5-6-9-7-10-8-9/h9H,2-8H2,1H3. The smallest absolute Gasteiger partial charge is 0.00311 e. The van der Waals surface area contributed by atoms with Crippen molar-refractivity contribution in [3.05, 3.63) is 0 Å². The van der Waals surface area contributed by atoms with E-state index in [1.54, 1.807) is 0 Å². The summed E-state index contributed by atoms with van der Waals surface area (Å²) >= 11 is 2.11. The number of rotatable bonds is 5. The topological polar surface area (TPSA) is 0 Å². The largest absolute Gasteiger partial charge is 0.161 e. The van der Waals surface area contributed by atoms with Gasteiger partial charge in [-0.05, 0) is 23.8 Å². The minimum absolute atomic E-state index is 1.10. The lowest BCUT2D eigenvalue weighted by Crippen LogP contribution is -2.17. The summed E-state index contributed by atoms with van der Waals surface area (Å²) in [6.45, 7) is 2.28. The molecule has 1 aliphatic heterocycles. The van der Waals surface area contributed by atoms with Crippen molar-refractivity contribution in [1.82, 2.24) is 0 Å². The third-order valence-electron chi connectivity index (χ3n) is 2.17. The first-order chi connectivity index (χ1) is 4.93. The maximum atomic E-state index is 2.28. The summed E-state index contributed by atoms with van der Waals surface area (Å²) in [6.07, 6.45) is 7.28. The Morgan fingerprint density at radius 2 is 2.00 bits per heavy atom. The van der Waals surface area contributed by atoms with Gasteiger partial charge in [0.25, 0.3) is 0 Å². The van der Waals surface area contributed by atoms with Gasteiger partial charge < -0.3 is 0 Å². The summed E-state index contributed by atoms with van der Waals surface area (Å²) in [4.78, 5) is 0. The zero-order valence-electron chi connectivity index (χ0n) is 6.94. The summed E-state index contributed by atoms with van der Waals surface area (Å²) in [5.74, 6) is 4.00. The highest BCUT2D eigenvalue weighted by Gasteiger charge is 2.16. The summed E-state index contributed by atoms with van der Waals surface area (Å²) in [7, 11) is 0. The van der Waals surface area contributed by atoms with Crippen LogP contribution in [0.5, 0.6) is 0 Å². The van der Waals surface area contributed by atoms with E-state index in [2.05, 4.69) is 18.7 Å². The molecule has 0 unspecified atom stereocenters. The minimum Gasteiger partial charge on any atom is -0.161 e. The van der Waals surface area contributed by atoms with Crippen molar-refractivity contribution >= 4 is 11.8 Å². The lowest BCUT2D eigenvalue weighted by atomic mass is 10.0. The molecule has 0 nitrogen and oxygen atoms in total. The molecule has 0 saturated carbocycles. The van der Waals surface area contributed by atoms with Gasteiger partial charge in [-0.25, -0.2) is 0 Å². The quantitative estimate of drug-likeness (QED) is 0.553. The van der Waals surface area contributed by atoms with Crippen molar-refractivity contribution in [3.8, 4) is 0 Å². The van der Waals surface area contributed by atoms with E-state index in [1.165, 1.54) is 43.6 Å². The zero-order chi connectivity index (χ0) is 7.23. The molecule has 0 bridgehead atoms. The van der Waals surface area contributed by atoms with Gasteiger partial charge in [0, 0.05) is 0 Å². The van der Waals surface area contributed by atoms with Crippen LogP contribution < -0.4 is 0 Å². The molecule has 0 aromatic carbocycles. The fourth-order valence-corrected chi connectivity index (χ4v) is 2.21. The molecule has 1 heterocycles. The molecule has 10 heavy (non-hydrogen) atoms. The van der Waals surface area contributed by atoms with Crippen LogP contribution >= 0.6 is 11.8 Å². The van der Waals surface area contributed by atoms with Crippen LogP contribution in [0, 0.1) is 5.92 Å². The average molecular weight is 158 g/mol. The Bertz CT molecular complexity index is 76.8. The van der Waals surface area contributed by atoms with Crippen LogP contribution in [-0.2, 0) is 0 Å². The molecular weight excluding hydrogens is 140 g/mol. The SMILES string of the molecule is CCCCCCC1CSC1. The molecular formula is C9H18S. The van der Waals surface area contributed by atoms with Gasteiger partial charge in [0.1, 0.15) is 0 Å². The Labute approximate surface area is 68.8 Å². The predicted octanol–water partition coefficient (Wildman–Crippen LogP) is 3.32. The molecule has 1 fully saturated rings. The highest BCUT2D eigenvalue weighted by molar-refractivity contribution is 8.00. The van der Waals surface area contributed by atoms with E-state index in [0.717, 1.165) is 5.92 Å². The Hall–Kier alpha value is 0.350. The molecule has 1 saturated heterocycles. The van der Waals surface area contributed by atoms with Gasteiger partial charge in [0.05, 0.1) is 0 Å². The molecule has 60 valence electrons. The van der Waals surface area contributed by atoms with Crippen LogP contribution in [0.15, 0.2) is 0 Å². The lowest BCUT2D eigenvalue weighted by molar-refractivity contribution is 0.520. The summed E-state index contributed by atoms with van der Waals surface area (Å²) in [6, 6.07) is 0. The third-order valence-corrected chi connectivity index (χ3v) is 3.59. The monoisotopic (exact) mass is 158 g/mol. The maximum absolute atomic E-state index is 2.28. The minimum atomic E-state index is 1.10. The van der Waals surface area contributed by atoms with Crippen LogP contribution in [0.4, 0.5) is 0 Å². The van der Waals surface area contributed by atoms with Crippen molar-refractivity contribution in [3.63, 3.8) is 0 Å². The lowest BCUT2D eigenvalue weighted by Gasteiger charge is -2.24. The Kier molecular flexibility index (Phi) is 4.27. The molecule has 1 aliphatic rings. The van der Waals surface area contributed by atoms with Crippen molar-refractivity contribution in [2.75, 3.05) is 11.5 Å². The second-order valence-corrected chi connectivity index (χ2v) is 4.33. The molecule has 0 aliphatic carbocycles. The van der Waals surface area contributed by atoms with Crippen molar-refractivity contribution in [1.29, 1.82) is 0 Å². The van der Waals surface area contributed by atoms with E-state index in [9.17, 15) is 0 Å². The first kappa shape index (κ1) is 8.45. The third kappa shape index (κ3) is 2.96. The van der Waals surface area contributed by atoms with Gasteiger partial charge in [-0.2, -0.15) is 11.8 Å². The van der Waals surface area contributed by atoms with E-state index in [4.69, 9.17) is 0 Å². The molecule has 0 spiro atoms. The normalized spacial score (nSPS) is 18.9. The molecule has 0 aromatic rings. The van der Waals surface area contributed by atoms with Gasteiger partial charge >= 0.3 is 0 Å². The van der Waals surface area contributed by atoms with E-state index >= 15 is 0 Å². The number of thioether (sulfide) groups is 1. The highest BCUT2D eigenvalue weighted by atomic mass is 32.2. The number of hydrogen-bond acceptors (Lipinski definition) is 1.